The zero-order valence-electron chi connectivity index (χ0n) is 11.4. The molecule has 1 aromatic heterocycles. The van der Waals surface area contributed by atoms with Crippen LogP contribution in [0.3, 0.4) is 0 Å². The van der Waals surface area contributed by atoms with Crippen LogP contribution < -0.4 is 11.1 Å². The maximum absolute atomic E-state index is 11.8. The Balaban J connectivity index is 1.73. The van der Waals surface area contributed by atoms with Crippen LogP contribution >= 0.6 is 11.3 Å². The monoisotopic (exact) mass is 282 g/mol. The van der Waals surface area contributed by atoms with E-state index in [1.165, 1.54) is 34.6 Å². The summed E-state index contributed by atoms with van der Waals surface area (Å²) in [6.45, 7) is 1.26. The number of rotatable bonds is 7. The van der Waals surface area contributed by atoms with E-state index in [4.69, 9.17) is 10.5 Å². The van der Waals surface area contributed by atoms with Crippen molar-refractivity contribution >= 4 is 17.2 Å². The van der Waals surface area contributed by atoms with Crippen LogP contribution in [0.2, 0.25) is 0 Å². The van der Waals surface area contributed by atoms with Gasteiger partial charge in [0.1, 0.15) is 0 Å². The third kappa shape index (κ3) is 4.03. The molecule has 2 rings (SSSR count). The van der Waals surface area contributed by atoms with Gasteiger partial charge in [0.15, 0.2) is 0 Å². The van der Waals surface area contributed by atoms with Gasteiger partial charge in [0.2, 0.25) is 5.91 Å². The second-order valence-corrected chi connectivity index (χ2v) is 6.20. The molecule has 19 heavy (non-hydrogen) atoms. The third-order valence-electron chi connectivity index (χ3n) is 3.43. The van der Waals surface area contributed by atoms with E-state index in [1.807, 2.05) is 11.3 Å². The van der Waals surface area contributed by atoms with Crippen LogP contribution in [-0.2, 0) is 28.9 Å². The number of carbonyl (C=O) groups excluding carboxylic acids is 1. The molecule has 0 radical (unpaired) electrons. The average molecular weight is 282 g/mol. The number of fused-ring (bicyclic) bond motifs is 1. The van der Waals surface area contributed by atoms with Gasteiger partial charge in [-0.05, 0) is 43.7 Å². The maximum Gasteiger partial charge on any atom is 0.237 e. The lowest BCUT2D eigenvalue weighted by molar-refractivity contribution is -0.122. The number of carbonyl (C=O) groups is 1. The van der Waals surface area contributed by atoms with Gasteiger partial charge in [-0.25, -0.2) is 0 Å². The van der Waals surface area contributed by atoms with E-state index in [0.717, 1.165) is 6.42 Å². The van der Waals surface area contributed by atoms with Crippen molar-refractivity contribution in [1.29, 1.82) is 0 Å². The summed E-state index contributed by atoms with van der Waals surface area (Å²) in [7, 11) is 1.65. The lowest BCUT2D eigenvalue weighted by Gasteiger charge is -2.11. The third-order valence-corrected chi connectivity index (χ3v) is 4.67. The van der Waals surface area contributed by atoms with E-state index in [0.29, 0.717) is 19.6 Å². The summed E-state index contributed by atoms with van der Waals surface area (Å²) in [4.78, 5) is 14.5. The van der Waals surface area contributed by atoms with Crippen LogP contribution in [0.4, 0.5) is 0 Å². The molecule has 4 nitrogen and oxygen atoms in total. The summed E-state index contributed by atoms with van der Waals surface area (Å²) in [5.74, 6) is -0.0651. The smallest absolute Gasteiger partial charge is 0.237 e. The topological polar surface area (TPSA) is 64.3 Å². The summed E-state index contributed by atoms with van der Waals surface area (Å²) in [5, 5.41) is 2.92. The first-order valence-corrected chi connectivity index (χ1v) is 7.65. The number of amides is 1. The highest BCUT2D eigenvalue weighted by Crippen LogP contribution is 2.30. The summed E-state index contributed by atoms with van der Waals surface area (Å²) in [5.41, 5.74) is 7.30. The number of thiophene rings is 1. The van der Waals surface area contributed by atoms with Crippen LogP contribution in [0.1, 0.15) is 34.6 Å². The summed E-state index contributed by atoms with van der Waals surface area (Å²) in [6, 6.07) is 1.80. The molecule has 1 aromatic rings. The van der Waals surface area contributed by atoms with Crippen LogP contribution in [0.15, 0.2) is 6.07 Å². The second-order valence-electron chi connectivity index (χ2n) is 4.97. The van der Waals surface area contributed by atoms with E-state index >= 15 is 0 Å². The predicted octanol–water partition coefficient (Wildman–Crippen LogP) is 1.61. The molecule has 0 spiro atoms. The first-order valence-electron chi connectivity index (χ1n) is 6.83. The Morgan fingerprint density at radius 3 is 3.16 bits per heavy atom. The number of ether oxygens (including phenoxy) is 1. The second kappa shape index (κ2) is 7.03. The van der Waals surface area contributed by atoms with E-state index < -0.39 is 6.04 Å². The number of hydrogen-bond donors (Lipinski definition) is 2. The van der Waals surface area contributed by atoms with Crippen molar-refractivity contribution in [1.82, 2.24) is 5.32 Å². The molecule has 1 aliphatic rings. The highest BCUT2D eigenvalue weighted by molar-refractivity contribution is 7.12. The van der Waals surface area contributed by atoms with Crippen molar-refractivity contribution in [2.24, 2.45) is 5.73 Å². The van der Waals surface area contributed by atoms with E-state index in [2.05, 4.69) is 11.4 Å². The molecule has 0 saturated carbocycles. The average Bonchev–Trinajstić information content (AvgIpc) is 2.96. The van der Waals surface area contributed by atoms with Gasteiger partial charge in [-0.2, -0.15) is 0 Å². The SMILES string of the molecule is COCCCC(N)C(=O)NCc1cc2c(s1)CCC2. The fourth-order valence-corrected chi connectivity index (χ4v) is 3.56. The van der Waals surface area contributed by atoms with Gasteiger partial charge in [0.25, 0.3) is 0 Å². The van der Waals surface area contributed by atoms with Gasteiger partial charge in [-0.3, -0.25) is 4.79 Å². The Kier molecular flexibility index (Phi) is 5.36. The predicted molar refractivity (Wildman–Crippen MR) is 77.3 cm³/mol. The highest BCUT2D eigenvalue weighted by atomic mass is 32.1. The Bertz CT molecular complexity index is 410. The number of nitrogens with one attached hydrogen (secondary N) is 1. The van der Waals surface area contributed by atoms with Crippen LogP contribution in [-0.4, -0.2) is 25.7 Å². The molecule has 0 aromatic carbocycles. The molecule has 1 heterocycles. The molecule has 3 N–H and O–H groups in total. The van der Waals surface area contributed by atoms with E-state index in [1.54, 1.807) is 7.11 Å². The molecule has 0 fully saturated rings. The molecule has 1 aliphatic carbocycles. The molecular weight excluding hydrogens is 260 g/mol. The number of aryl methyl sites for hydroxylation is 2. The Hall–Kier alpha value is -0.910. The Morgan fingerprint density at radius 2 is 2.42 bits per heavy atom. The van der Waals surface area contributed by atoms with Gasteiger partial charge in [0.05, 0.1) is 12.6 Å². The zero-order chi connectivity index (χ0) is 13.7. The van der Waals surface area contributed by atoms with Crippen LogP contribution in [0.25, 0.3) is 0 Å². The molecule has 5 heteroatoms. The van der Waals surface area contributed by atoms with Gasteiger partial charge >= 0.3 is 0 Å². The lowest BCUT2D eigenvalue weighted by Crippen LogP contribution is -2.40. The summed E-state index contributed by atoms with van der Waals surface area (Å²) < 4.78 is 4.95. The van der Waals surface area contributed by atoms with Gasteiger partial charge in [-0.15, -0.1) is 11.3 Å². The van der Waals surface area contributed by atoms with Crippen LogP contribution in [0.5, 0.6) is 0 Å². The van der Waals surface area contributed by atoms with Crippen molar-refractivity contribution in [3.8, 4) is 0 Å². The zero-order valence-corrected chi connectivity index (χ0v) is 12.2. The van der Waals surface area contributed by atoms with Crippen molar-refractivity contribution in [3.63, 3.8) is 0 Å². The summed E-state index contributed by atoms with van der Waals surface area (Å²) >= 11 is 1.82. The Labute approximate surface area is 118 Å². The first-order chi connectivity index (χ1) is 9.20. The fraction of sp³-hybridized carbons (Fsp3) is 0.643. The normalized spacial score (nSPS) is 15.3. The van der Waals surface area contributed by atoms with Gasteiger partial charge < -0.3 is 15.8 Å². The standard InChI is InChI=1S/C14H22N2O2S/c1-18-7-3-5-12(15)14(17)16-9-11-8-10-4-2-6-13(10)19-11/h8,12H,2-7,9,15H2,1H3,(H,16,17). The minimum atomic E-state index is -0.429. The van der Waals surface area contributed by atoms with Gasteiger partial charge in [0, 0.05) is 23.5 Å². The summed E-state index contributed by atoms with van der Waals surface area (Å²) in [6.07, 6.45) is 5.15. The molecule has 1 unspecified atom stereocenters. The molecule has 1 amide bonds. The molecule has 0 aliphatic heterocycles. The van der Waals surface area contributed by atoms with Crippen LogP contribution in [0, 0.1) is 0 Å². The number of methoxy groups -OCH3 is 1. The first kappa shape index (κ1) is 14.5. The maximum atomic E-state index is 11.8. The van der Waals surface area contributed by atoms with Crippen molar-refractivity contribution < 1.29 is 9.53 Å². The van der Waals surface area contributed by atoms with Gasteiger partial charge in [-0.1, -0.05) is 0 Å². The Morgan fingerprint density at radius 1 is 1.58 bits per heavy atom. The molecule has 0 saturated heterocycles. The largest absolute Gasteiger partial charge is 0.385 e. The number of nitrogens with two attached hydrogens (primary N) is 1. The quantitative estimate of drug-likeness (QED) is 0.747. The highest BCUT2D eigenvalue weighted by Gasteiger charge is 2.16. The van der Waals surface area contributed by atoms with Crippen molar-refractivity contribution in [3.05, 3.63) is 21.4 Å². The van der Waals surface area contributed by atoms with E-state index in [9.17, 15) is 4.79 Å². The molecular formula is C14H22N2O2S. The van der Waals surface area contributed by atoms with E-state index in [-0.39, 0.29) is 5.91 Å². The van der Waals surface area contributed by atoms with Crippen molar-refractivity contribution in [2.45, 2.75) is 44.7 Å². The fourth-order valence-electron chi connectivity index (χ4n) is 2.36. The number of hydrogen-bond acceptors (Lipinski definition) is 4. The molecule has 106 valence electrons. The minimum Gasteiger partial charge on any atom is -0.385 e. The molecule has 1 atom stereocenters. The minimum absolute atomic E-state index is 0.0651. The molecule has 0 bridgehead atoms. The lowest BCUT2D eigenvalue weighted by atomic mass is 10.1. The van der Waals surface area contributed by atoms with Crippen molar-refractivity contribution in [2.75, 3.05) is 13.7 Å².